The molecule has 3 heterocycles. The van der Waals surface area contributed by atoms with Gasteiger partial charge >= 0.3 is 6.09 Å². The number of alkyl halides is 2. The first-order valence-electron chi connectivity index (χ1n) is 17.6. The van der Waals surface area contributed by atoms with Gasteiger partial charge in [-0.2, -0.15) is 4.31 Å². The van der Waals surface area contributed by atoms with Crippen molar-refractivity contribution < 1.29 is 41.4 Å². The Morgan fingerprint density at radius 2 is 1.63 bits per heavy atom. The zero-order valence-electron chi connectivity index (χ0n) is 29.6. The van der Waals surface area contributed by atoms with Gasteiger partial charge in [-0.25, -0.2) is 27.0 Å². The van der Waals surface area contributed by atoms with Gasteiger partial charge in [-0.1, -0.05) is 11.6 Å². The van der Waals surface area contributed by atoms with Crippen LogP contribution in [0.25, 0.3) is 0 Å². The number of hydrogen-bond donors (Lipinski definition) is 3. The molecule has 0 bridgehead atoms. The van der Waals surface area contributed by atoms with E-state index in [2.05, 4.69) is 15.6 Å². The molecule has 3 fully saturated rings. The normalized spacial score (nSPS) is 21.2. The van der Waals surface area contributed by atoms with Gasteiger partial charge in [0.15, 0.2) is 0 Å². The van der Waals surface area contributed by atoms with Gasteiger partial charge < -0.3 is 30.3 Å². The van der Waals surface area contributed by atoms with Gasteiger partial charge in [0.05, 0.1) is 11.0 Å². The highest BCUT2D eigenvalue weighted by Crippen LogP contribution is 2.46. The van der Waals surface area contributed by atoms with Crippen LogP contribution in [0.1, 0.15) is 64.9 Å². The number of nitrogens with one attached hydrogen (secondary N) is 2. The Morgan fingerprint density at radius 3 is 2.23 bits per heavy atom. The molecule has 3 N–H and O–H groups in total. The maximum absolute atomic E-state index is 16.0. The lowest BCUT2D eigenvalue weighted by molar-refractivity contribution is -0.129. The lowest BCUT2D eigenvalue weighted by atomic mass is 9.77. The molecule has 17 heteroatoms. The number of nitrogens with zero attached hydrogens (tertiary/aromatic N) is 4. The van der Waals surface area contributed by atoms with Crippen LogP contribution in [0.2, 0.25) is 5.15 Å². The molecule has 1 aliphatic carbocycles. The number of alkyl carbamates (subject to hydrolysis) is 1. The number of halogens is 3. The van der Waals surface area contributed by atoms with E-state index in [4.69, 9.17) is 16.3 Å². The number of carbonyl (C=O) groups is 3. The van der Waals surface area contributed by atoms with Crippen molar-refractivity contribution in [2.75, 3.05) is 55.6 Å². The quantitative estimate of drug-likeness (QED) is 0.284. The lowest BCUT2D eigenvalue weighted by Gasteiger charge is -2.36. The standard InChI is InChI=1S/C35H47ClF2N6O7S/c1-34(2,3)51-33(48)40-22-27(45)21-39-32(47)23-6-8-24(9-7-23)35(37,38)25-19-29(36)41-30(20-25)42-15-17-43(18-16-42)52(49,50)28-12-10-26(11-13-28)44-14-4-5-31(44)46/h10-13,19-20,23-24,27,45H,4-9,14-18,21-22H2,1-3H3,(H,39,47)(H,40,48). The molecule has 5 rings (SSSR count). The van der Waals surface area contributed by atoms with E-state index in [0.717, 1.165) is 12.5 Å². The molecule has 1 aromatic carbocycles. The highest BCUT2D eigenvalue weighted by molar-refractivity contribution is 7.89. The Hall–Kier alpha value is -3.60. The number of hydrogen-bond acceptors (Lipinski definition) is 9. The summed E-state index contributed by atoms with van der Waals surface area (Å²) in [4.78, 5) is 44.4. The van der Waals surface area contributed by atoms with Crippen molar-refractivity contribution in [1.29, 1.82) is 0 Å². The fourth-order valence-electron chi connectivity index (χ4n) is 6.77. The van der Waals surface area contributed by atoms with E-state index in [9.17, 15) is 27.9 Å². The molecule has 1 atom stereocenters. The number of amides is 3. The number of sulfonamides is 1. The number of benzene rings is 1. The van der Waals surface area contributed by atoms with Gasteiger partial charge in [0, 0.05) is 75.3 Å². The number of piperazine rings is 1. The van der Waals surface area contributed by atoms with Crippen molar-refractivity contribution in [2.24, 2.45) is 11.8 Å². The third kappa shape index (κ3) is 9.68. The van der Waals surface area contributed by atoms with E-state index in [1.807, 2.05) is 0 Å². The predicted molar refractivity (Wildman–Crippen MR) is 191 cm³/mol. The van der Waals surface area contributed by atoms with Crippen LogP contribution in [-0.2, 0) is 30.3 Å². The second-order valence-corrected chi connectivity index (χ2v) is 16.8. The van der Waals surface area contributed by atoms with Gasteiger partial charge in [-0.15, -0.1) is 0 Å². The maximum Gasteiger partial charge on any atom is 0.407 e. The van der Waals surface area contributed by atoms with Crippen molar-refractivity contribution in [3.05, 3.63) is 47.1 Å². The fraction of sp³-hybridized carbons (Fsp3) is 0.600. The van der Waals surface area contributed by atoms with E-state index in [1.54, 1.807) is 42.7 Å². The molecule has 52 heavy (non-hydrogen) atoms. The summed E-state index contributed by atoms with van der Waals surface area (Å²) in [5.41, 5.74) is -0.326. The first-order valence-corrected chi connectivity index (χ1v) is 19.4. The van der Waals surface area contributed by atoms with Crippen LogP contribution in [-0.4, -0.2) is 98.2 Å². The number of carbonyl (C=O) groups excluding carboxylic acids is 3. The SMILES string of the molecule is CC(C)(C)OC(=O)NCC(O)CNC(=O)C1CCC(C(F)(F)c2cc(Cl)nc(N3CCN(S(=O)(=O)c4ccc(N5CCCC5=O)cc4)CC3)c2)CC1. The Morgan fingerprint density at radius 1 is 1.00 bits per heavy atom. The third-order valence-electron chi connectivity index (χ3n) is 9.59. The minimum Gasteiger partial charge on any atom is -0.444 e. The number of rotatable bonds is 11. The zero-order chi connectivity index (χ0) is 37.8. The molecule has 0 spiro atoms. The molecular formula is C35H47ClF2N6O7S. The van der Waals surface area contributed by atoms with E-state index < -0.39 is 45.6 Å². The summed E-state index contributed by atoms with van der Waals surface area (Å²) in [6.45, 7) is 6.14. The average molecular weight is 769 g/mol. The molecule has 1 unspecified atom stereocenters. The Kier molecular flexibility index (Phi) is 12.3. The maximum atomic E-state index is 16.0. The molecule has 3 amide bonds. The van der Waals surface area contributed by atoms with Crippen LogP contribution in [0.15, 0.2) is 41.3 Å². The van der Waals surface area contributed by atoms with Crippen LogP contribution in [0, 0.1) is 11.8 Å². The number of aromatic nitrogens is 1. The first-order chi connectivity index (χ1) is 24.4. The summed E-state index contributed by atoms with van der Waals surface area (Å²) in [6, 6.07) is 8.71. The largest absolute Gasteiger partial charge is 0.444 e. The topological polar surface area (TPSA) is 161 Å². The van der Waals surface area contributed by atoms with Crippen LogP contribution < -0.4 is 20.4 Å². The van der Waals surface area contributed by atoms with E-state index >= 15 is 8.78 Å². The monoisotopic (exact) mass is 768 g/mol. The molecule has 13 nitrogen and oxygen atoms in total. The molecule has 2 aromatic rings. The Labute approximate surface area is 308 Å². The van der Waals surface area contributed by atoms with Crippen LogP contribution in [0.4, 0.5) is 25.1 Å². The molecule has 2 saturated heterocycles. The minimum absolute atomic E-state index is 0.0110. The molecule has 1 saturated carbocycles. The minimum atomic E-state index is -3.83. The Balaban J connectivity index is 1.12. The lowest BCUT2D eigenvalue weighted by Crippen LogP contribution is -2.49. The molecule has 2 aliphatic heterocycles. The number of anilines is 2. The second-order valence-electron chi connectivity index (χ2n) is 14.5. The fourth-order valence-corrected chi connectivity index (χ4v) is 8.39. The van der Waals surface area contributed by atoms with E-state index in [0.29, 0.717) is 18.7 Å². The third-order valence-corrected chi connectivity index (χ3v) is 11.7. The smallest absolute Gasteiger partial charge is 0.407 e. The predicted octanol–water partition coefficient (Wildman–Crippen LogP) is 4.27. The highest BCUT2D eigenvalue weighted by atomic mass is 35.5. The summed E-state index contributed by atoms with van der Waals surface area (Å²) in [5, 5.41) is 15.1. The number of ether oxygens (including phenoxy) is 1. The molecule has 0 radical (unpaired) electrons. The zero-order valence-corrected chi connectivity index (χ0v) is 31.2. The Bertz CT molecular complexity index is 1710. The van der Waals surface area contributed by atoms with Crippen LogP contribution in [0.3, 0.4) is 0 Å². The summed E-state index contributed by atoms with van der Waals surface area (Å²) >= 11 is 6.25. The van der Waals surface area contributed by atoms with Crippen molar-refractivity contribution in [3.63, 3.8) is 0 Å². The van der Waals surface area contributed by atoms with Crippen LogP contribution in [0.5, 0.6) is 0 Å². The number of pyridine rings is 1. The molecule has 286 valence electrons. The van der Waals surface area contributed by atoms with Crippen molar-refractivity contribution in [3.8, 4) is 0 Å². The molecule has 1 aromatic heterocycles. The molecule has 3 aliphatic rings. The van der Waals surface area contributed by atoms with Crippen molar-refractivity contribution >= 4 is 51.0 Å². The van der Waals surface area contributed by atoms with Crippen molar-refractivity contribution in [1.82, 2.24) is 19.9 Å². The summed E-state index contributed by atoms with van der Waals surface area (Å²) in [7, 11) is -3.83. The second kappa shape index (κ2) is 16.2. The van der Waals surface area contributed by atoms with Gasteiger partial charge in [0.2, 0.25) is 21.8 Å². The van der Waals surface area contributed by atoms with Gasteiger partial charge in [-0.3, -0.25) is 9.59 Å². The van der Waals surface area contributed by atoms with E-state index in [-0.39, 0.29) is 98.2 Å². The van der Waals surface area contributed by atoms with Crippen molar-refractivity contribution in [2.45, 2.75) is 81.8 Å². The number of aliphatic hydroxyl groups excluding tert-OH is 1. The van der Waals surface area contributed by atoms with Gasteiger partial charge in [0.1, 0.15) is 16.6 Å². The highest BCUT2D eigenvalue weighted by Gasteiger charge is 2.44. The van der Waals surface area contributed by atoms with E-state index in [1.165, 1.54) is 22.5 Å². The van der Waals surface area contributed by atoms with Gasteiger partial charge in [-0.05, 0) is 89.3 Å². The molecular weight excluding hydrogens is 722 g/mol. The van der Waals surface area contributed by atoms with Gasteiger partial charge in [0.25, 0.3) is 5.92 Å². The average Bonchev–Trinajstić information content (AvgIpc) is 3.54. The summed E-state index contributed by atoms with van der Waals surface area (Å²) in [5.74, 6) is -4.89. The number of aliphatic hydroxyl groups is 1. The first kappa shape index (κ1) is 39.6. The van der Waals surface area contributed by atoms with Crippen LogP contribution >= 0.6 is 11.6 Å². The summed E-state index contributed by atoms with van der Waals surface area (Å²) in [6.07, 6.45) is 0.147. The summed E-state index contributed by atoms with van der Waals surface area (Å²) < 4.78 is 65.2.